The molecular formula is C20H31N3O3. The van der Waals surface area contributed by atoms with Gasteiger partial charge in [0, 0.05) is 32.9 Å². The van der Waals surface area contributed by atoms with Crippen LogP contribution in [-0.4, -0.2) is 86.4 Å². The third kappa shape index (κ3) is 4.96. The second-order valence-corrected chi connectivity index (χ2v) is 7.81. The molecule has 1 unspecified atom stereocenters. The molecule has 1 aromatic carbocycles. The van der Waals surface area contributed by atoms with Gasteiger partial charge in [-0.25, -0.2) is 0 Å². The second kappa shape index (κ2) is 8.37. The lowest BCUT2D eigenvalue weighted by Crippen LogP contribution is -2.53. The molecule has 3 rings (SSSR count). The van der Waals surface area contributed by atoms with E-state index in [9.17, 15) is 9.90 Å². The Morgan fingerprint density at radius 2 is 1.88 bits per heavy atom. The van der Waals surface area contributed by atoms with Crippen molar-refractivity contribution in [2.24, 2.45) is 0 Å². The number of carbonyl (C=O) groups excluding carboxylic acids is 1. The Labute approximate surface area is 156 Å². The number of anilines is 1. The summed E-state index contributed by atoms with van der Waals surface area (Å²) < 4.78 is 5.62. The average molecular weight is 361 g/mol. The molecule has 2 heterocycles. The van der Waals surface area contributed by atoms with Crippen LogP contribution in [-0.2, 0) is 16.0 Å². The van der Waals surface area contributed by atoms with E-state index in [0.717, 1.165) is 24.3 Å². The number of ether oxygens (including phenoxy) is 1. The van der Waals surface area contributed by atoms with Gasteiger partial charge in [-0.05, 0) is 43.6 Å². The molecule has 0 spiro atoms. The summed E-state index contributed by atoms with van der Waals surface area (Å²) in [5, 5.41) is 11.0. The number of amides is 1. The molecular weight excluding hydrogens is 330 g/mol. The Bertz CT molecular complexity index is 599. The zero-order valence-corrected chi connectivity index (χ0v) is 16.0. The highest BCUT2D eigenvalue weighted by atomic mass is 16.5. The van der Waals surface area contributed by atoms with Crippen molar-refractivity contribution in [3.05, 3.63) is 29.8 Å². The van der Waals surface area contributed by atoms with Gasteiger partial charge in [-0.3, -0.25) is 4.79 Å². The maximum atomic E-state index is 12.8. The lowest BCUT2D eigenvalue weighted by atomic mass is 10.0. The van der Waals surface area contributed by atoms with Crippen LogP contribution in [0.2, 0.25) is 0 Å². The smallest absolute Gasteiger partial charge is 0.227 e. The van der Waals surface area contributed by atoms with Crippen LogP contribution >= 0.6 is 0 Å². The standard InChI is InChI=1S/C20H31N3O3/c1-21(2)18-7-5-17(6-8-18)13-19(24)23-11-12-26-16-20(25,15-23)14-22-9-3-4-10-22/h5-8,25H,3-4,9-16H2,1-2H3. The average Bonchev–Trinajstić information content (AvgIpc) is 3.02. The van der Waals surface area contributed by atoms with Crippen LogP contribution < -0.4 is 4.90 Å². The number of hydrogen-bond acceptors (Lipinski definition) is 5. The van der Waals surface area contributed by atoms with Gasteiger partial charge in [0.05, 0.1) is 26.2 Å². The number of rotatable bonds is 5. The molecule has 2 fully saturated rings. The first-order chi connectivity index (χ1) is 12.5. The second-order valence-electron chi connectivity index (χ2n) is 7.81. The van der Waals surface area contributed by atoms with Crippen LogP contribution in [0.4, 0.5) is 5.69 Å². The number of β-amino-alcohol motifs (C(OH)–C–C–N with tert-alkyl or cyclic N) is 1. The monoisotopic (exact) mass is 361 g/mol. The molecule has 6 heteroatoms. The Kier molecular flexibility index (Phi) is 6.16. The van der Waals surface area contributed by atoms with E-state index in [2.05, 4.69) is 4.90 Å². The topological polar surface area (TPSA) is 56.3 Å². The van der Waals surface area contributed by atoms with E-state index in [4.69, 9.17) is 4.74 Å². The van der Waals surface area contributed by atoms with Gasteiger partial charge in [0.25, 0.3) is 0 Å². The van der Waals surface area contributed by atoms with Crippen LogP contribution in [0.15, 0.2) is 24.3 Å². The summed E-state index contributed by atoms with van der Waals surface area (Å²) >= 11 is 0. The molecule has 0 aliphatic carbocycles. The van der Waals surface area contributed by atoms with Gasteiger partial charge in [0.15, 0.2) is 0 Å². The van der Waals surface area contributed by atoms with Crippen LogP contribution in [0, 0.1) is 0 Å². The van der Waals surface area contributed by atoms with Crippen molar-refractivity contribution >= 4 is 11.6 Å². The predicted molar refractivity (Wildman–Crippen MR) is 102 cm³/mol. The number of likely N-dealkylation sites (tertiary alicyclic amines) is 1. The van der Waals surface area contributed by atoms with Gasteiger partial charge < -0.3 is 24.5 Å². The van der Waals surface area contributed by atoms with Crippen molar-refractivity contribution in [2.45, 2.75) is 24.9 Å². The van der Waals surface area contributed by atoms with Crippen molar-refractivity contribution in [2.75, 3.05) is 64.9 Å². The summed E-state index contributed by atoms with van der Waals surface area (Å²) in [4.78, 5) is 18.9. The van der Waals surface area contributed by atoms with Crippen molar-refractivity contribution < 1.29 is 14.6 Å². The first-order valence-electron chi connectivity index (χ1n) is 9.52. The number of hydrogen-bond donors (Lipinski definition) is 1. The van der Waals surface area contributed by atoms with E-state index in [1.165, 1.54) is 12.8 Å². The Hall–Kier alpha value is -1.63. The molecule has 1 N–H and O–H groups in total. The van der Waals surface area contributed by atoms with Crippen LogP contribution in [0.1, 0.15) is 18.4 Å². The lowest BCUT2D eigenvalue weighted by Gasteiger charge is -2.34. The van der Waals surface area contributed by atoms with E-state index < -0.39 is 5.60 Å². The van der Waals surface area contributed by atoms with E-state index in [0.29, 0.717) is 39.3 Å². The highest BCUT2D eigenvalue weighted by molar-refractivity contribution is 5.79. The van der Waals surface area contributed by atoms with Gasteiger partial charge in [0.1, 0.15) is 5.60 Å². The zero-order chi connectivity index (χ0) is 18.6. The van der Waals surface area contributed by atoms with Crippen molar-refractivity contribution in [3.8, 4) is 0 Å². The Morgan fingerprint density at radius 3 is 2.54 bits per heavy atom. The summed E-state index contributed by atoms with van der Waals surface area (Å²) in [6, 6.07) is 8.05. The number of nitrogens with zero attached hydrogens (tertiary/aromatic N) is 3. The van der Waals surface area contributed by atoms with E-state index >= 15 is 0 Å². The molecule has 1 atom stereocenters. The number of carbonyl (C=O) groups is 1. The van der Waals surface area contributed by atoms with Crippen LogP contribution in [0.3, 0.4) is 0 Å². The minimum absolute atomic E-state index is 0.0490. The van der Waals surface area contributed by atoms with E-state index in [1.54, 1.807) is 4.90 Å². The van der Waals surface area contributed by atoms with Crippen LogP contribution in [0.25, 0.3) is 0 Å². The molecule has 1 amide bonds. The first kappa shape index (κ1) is 19.1. The molecule has 0 radical (unpaired) electrons. The maximum absolute atomic E-state index is 12.8. The summed E-state index contributed by atoms with van der Waals surface area (Å²) in [5.74, 6) is 0.0490. The summed E-state index contributed by atoms with van der Waals surface area (Å²) in [6.45, 7) is 4.28. The molecule has 144 valence electrons. The summed E-state index contributed by atoms with van der Waals surface area (Å²) in [6.07, 6.45) is 2.72. The first-order valence-corrected chi connectivity index (χ1v) is 9.52. The third-order valence-corrected chi connectivity index (χ3v) is 5.24. The summed E-state index contributed by atoms with van der Waals surface area (Å²) in [7, 11) is 4.00. The Morgan fingerprint density at radius 1 is 1.19 bits per heavy atom. The van der Waals surface area contributed by atoms with Gasteiger partial charge in [-0.15, -0.1) is 0 Å². The highest BCUT2D eigenvalue weighted by Gasteiger charge is 2.36. The van der Waals surface area contributed by atoms with E-state index in [-0.39, 0.29) is 5.91 Å². The van der Waals surface area contributed by atoms with Gasteiger partial charge >= 0.3 is 0 Å². The molecule has 1 aromatic rings. The molecule has 0 saturated carbocycles. The number of aliphatic hydroxyl groups is 1. The van der Waals surface area contributed by atoms with Crippen molar-refractivity contribution in [1.29, 1.82) is 0 Å². The van der Waals surface area contributed by atoms with Gasteiger partial charge in [-0.1, -0.05) is 12.1 Å². The maximum Gasteiger partial charge on any atom is 0.227 e. The fourth-order valence-corrected chi connectivity index (χ4v) is 3.78. The molecule has 2 saturated heterocycles. The van der Waals surface area contributed by atoms with Crippen molar-refractivity contribution in [3.63, 3.8) is 0 Å². The van der Waals surface area contributed by atoms with E-state index in [1.807, 2.05) is 43.3 Å². The normalized spacial score (nSPS) is 24.5. The molecule has 0 aromatic heterocycles. The Balaban J connectivity index is 1.61. The highest BCUT2D eigenvalue weighted by Crippen LogP contribution is 2.19. The van der Waals surface area contributed by atoms with Crippen LogP contribution in [0.5, 0.6) is 0 Å². The fourth-order valence-electron chi connectivity index (χ4n) is 3.78. The SMILES string of the molecule is CN(C)c1ccc(CC(=O)N2CCOCC(O)(CN3CCCC3)C2)cc1. The number of benzene rings is 1. The quantitative estimate of drug-likeness (QED) is 0.847. The molecule has 2 aliphatic heterocycles. The lowest BCUT2D eigenvalue weighted by molar-refractivity contribution is -0.133. The largest absolute Gasteiger partial charge is 0.384 e. The van der Waals surface area contributed by atoms with Gasteiger partial charge in [-0.2, -0.15) is 0 Å². The van der Waals surface area contributed by atoms with Crippen molar-refractivity contribution in [1.82, 2.24) is 9.80 Å². The minimum Gasteiger partial charge on any atom is -0.384 e. The predicted octanol–water partition coefficient (Wildman–Crippen LogP) is 0.981. The molecule has 2 aliphatic rings. The zero-order valence-electron chi connectivity index (χ0n) is 16.0. The fraction of sp³-hybridized carbons (Fsp3) is 0.650. The molecule has 6 nitrogen and oxygen atoms in total. The van der Waals surface area contributed by atoms with Gasteiger partial charge in [0.2, 0.25) is 5.91 Å². The molecule has 26 heavy (non-hydrogen) atoms. The minimum atomic E-state index is -0.981. The summed E-state index contributed by atoms with van der Waals surface area (Å²) in [5.41, 5.74) is 1.13. The molecule has 0 bridgehead atoms. The third-order valence-electron chi connectivity index (χ3n) is 5.24.